The normalized spacial score (nSPS) is 10.5. The lowest BCUT2D eigenvalue weighted by molar-refractivity contribution is 0.625. The third-order valence-corrected chi connectivity index (χ3v) is 2.17. The summed E-state index contributed by atoms with van der Waals surface area (Å²) >= 11 is 0. The molecule has 78 valence electrons. The topological polar surface area (TPSA) is 56.7 Å². The average Bonchev–Trinajstić information content (AvgIpc) is 2.67. The van der Waals surface area contributed by atoms with Gasteiger partial charge in [-0.2, -0.15) is 5.10 Å². The van der Waals surface area contributed by atoms with Crippen LogP contribution in [0.15, 0.2) is 30.6 Å². The lowest BCUT2D eigenvalue weighted by Gasteiger charge is -1.97. The van der Waals surface area contributed by atoms with Gasteiger partial charge in [0.25, 0.3) is 0 Å². The molecule has 0 spiro atoms. The van der Waals surface area contributed by atoms with Crippen molar-refractivity contribution in [2.45, 2.75) is 13.5 Å². The van der Waals surface area contributed by atoms with E-state index in [1.165, 1.54) is 5.56 Å². The first-order valence-electron chi connectivity index (χ1n) is 4.96. The molecule has 4 nitrogen and oxygen atoms in total. The van der Waals surface area contributed by atoms with Crippen molar-refractivity contribution in [1.82, 2.24) is 14.8 Å². The number of nitrogens with two attached hydrogens (primary N) is 1. The van der Waals surface area contributed by atoms with Crippen LogP contribution in [0.1, 0.15) is 5.56 Å². The van der Waals surface area contributed by atoms with Crippen LogP contribution in [0.25, 0.3) is 11.4 Å². The Morgan fingerprint density at radius 1 is 1.40 bits per heavy atom. The van der Waals surface area contributed by atoms with Crippen molar-refractivity contribution in [3.05, 3.63) is 36.2 Å². The molecular formula is C11H14N4. The third kappa shape index (κ3) is 2.22. The Bertz CT molecular complexity index is 447. The quantitative estimate of drug-likeness (QED) is 0.814. The van der Waals surface area contributed by atoms with Crippen molar-refractivity contribution in [3.8, 4) is 11.4 Å². The number of benzene rings is 1. The van der Waals surface area contributed by atoms with Crippen molar-refractivity contribution in [2.75, 3.05) is 6.54 Å². The molecule has 2 rings (SSSR count). The molecule has 1 aromatic heterocycles. The summed E-state index contributed by atoms with van der Waals surface area (Å²) in [5, 5.41) is 4.34. The minimum absolute atomic E-state index is 0.580. The predicted molar refractivity (Wildman–Crippen MR) is 59.2 cm³/mol. The first kappa shape index (κ1) is 9.86. The molecule has 0 aliphatic carbocycles. The van der Waals surface area contributed by atoms with Gasteiger partial charge in [0.2, 0.25) is 0 Å². The average molecular weight is 202 g/mol. The summed E-state index contributed by atoms with van der Waals surface area (Å²) in [5.41, 5.74) is 7.70. The fraction of sp³-hybridized carbons (Fsp3) is 0.273. The van der Waals surface area contributed by atoms with E-state index in [9.17, 15) is 0 Å². The van der Waals surface area contributed by atoms with E-state index in [1.54, 1.807) is 11.0 Å². The molecule has 0 fully saturated rings. The first-order valence-corrected chi connectivity index (χ1v) is 4.96. The van der Waals surface area contributed by atoms with Crippen LogP contribution in [0, 0.1) is 6.92 Å². The lowest BCUT2D eigenvalue weighted by Crippen LogP contribution is -2.10. The number of aromatic nitrogens is 3. The molecular weight excluding hydrogens is 188 g/mol. The SMILES string of the molecule is Cc1cccc(-c2ncn(CCN)n2)c1. The minimum atomic E-state index is 0.580. The van der Waals surface area contributed by atoms with E-state index in [0.29, 0.717) is 13.1 Å². The molecule has 0 saturated carbocycles. The third-order valence-electron chi connectivity index (χ3n) is 2.17. The summed E-state index contributed by atoms with van der Waals surface area (Å²) < 4.78 is 1.76. The van der Waals surface area contributed by atoms with E-state index in [1.807, 2.05) is 12.1 Å². The van der Waals surface area contributed by atoms with Crippen LogP contribution < -0.4 is 5.73 Å². The summed E-state index contributed by atoms with van der Waals surface area (Å²) in [4.78, 5) is 4.24. The van der Waals surface area contributed by atoms with Crippen LogP contribution >= 0.6 is 0 Å². The van der Waals surface area contributed by atoms with Crippen LogP contribution in [-0.4, -0.2) is 21.3 Å². The second-order valence-corrected chi connectivity index (χ2v) is 3.49. The number of rotatable bonds is 3. The standard InChI is InChI=1S/C11H14N4/c1-9-3-2-4-10(7-9)11-13-8-15(14-11)6-5-12/h2-4,7-8H,5-6,12H2,1H3. The highest BCUT2D eigenvalue weighted by atomic mass is 15.3. The largest absolute Gasteiger partial charge is 0.329 e. The zero-order valence-corrected chi connectivity index (χ0v) is 8.72. The number of hydrogen-bond acceptors (Lipinski definition) is 3. The number of nitrogens with zero attached hydrogens (tertiary/aromatic N) is 3. The van der Waals surface area contributed by atoms with Gasteiger partial charge in [-0.3, -0.25) is 4.68 Å². The molecule has 0 radical (unpaired) electrons. The monoisotopic (exact) mass is 202 g/mol. The summed E-state index contributed by atoms with van der Waals surface area (Å²) in [6, 6.07) is 8.14. The second kappa shape index (κ2) is 4.23. The molecule has 1 heterocycles. The van der Waals surface area contributed by atoms with E-state index < -0.39 is 0 Å². The predicted octanol–water partition coefficient (Wildman–Crippen LogP) is 1.21. The van der Waals surface area contributed by atoms with Gasteiger partial charge in [-0.1, -0.05) is 23.8 Å². The molecule has 4 heteroatoms. The first-order chi connectivity index (χ1) is 7.29. The highest BCUT2D eigenvalue weighted by molar-refractivity contribution is 5.55. The van der Waals surface area contributed by atoms with Crippen LogP contribution in [0.5, 0.6) is 0 Å². The fourth-order valence-electron chi connectivity index (χ4n) is 1.45. The Kier molecular flexibility index (Phi) is 2.78. The smallest absolute Gasteiger partial charge is 0.181 e. The van der Waals surface area contributed by atoms with Crippen LogP contribution in [0.3, 0.4) is 0 Å². The van der Waals surface area contributed by atoms with Crippen molar-refractivity contribution in [3.63, 3.8) is 0 Å². The maximum atomic E-state index is 5.44. The molecule has 0 bridgehead atoms. The summed E-state index contributed by atoms with van der Waals surface area (Å²) in [5.74, 6) is 0.757. The maximum absolute atomic E-state index is 5.44. The van der Waals surface area contributed by atoms with Crippen molar-refractivity contribution in [1.29, 1.82) is 0 Å². The lowest BCUT2D eigenvalue weighted by atomic mass is 10.1. The zero-order chi connectivity index (χ0) is 10.7. The van der Waals surface area contributed by atoms with Gasteiger partial charge in [-0.15, -0.1) is 0 Å². The van der Waals surface area contributed by atoms with E-state index >= 15 is 0 Å². The Hall–Kier alpha value is -1.68. The summed E-state index contributed by atoms with van der Waals surface area (Å²) in [6.07, 6.45) is 1.71. The Morgan fingerprint density at radius 2 is 2.27 bits per heavy atom. The van der Waals surface area contributed by atoms with Crippen LogP contribution in [0.2, 0.25) is 0 Å². The van der Waals surface area contributed by atoms with Crippen molar-refractivity contribution in [2.24, 2.45) is 5.73 Å². The molecule has 2 aromatic rings. The van der Waals surface area contributed by atoms with Crippen LogP contribution in [-0.2, 0) is 6.54 Å². The Morgan fingerprint density at radius 3 is 3.00 bits per heavy atom. The molecule has 0 aliphatic rings. The Balaban J connectivity index is 2.29. The summed E-state index contributed by atoms with van der Waals surface area (Å²) in [7, 11) is 0. The Labute approximate surface area is 88.8 Å². The van der Waals surface area contributed by atoms with Gasteiger partial charge in [0.1, 0.15) is 6.33 Å². The number of hydrogen-bond donors (Lipinski definition) is 1. The molecule has 0 amide bonds. The zero-order valence-electron chi connectivity index (χ0n) is 8.72. The highest BCUT2D eigenvalue weighted by Crippen LogP contribution is 2.15. The minimum Gasteiger partial charge on any atom is -0.329 e. The molecule has 0 unspecified atom stereocenters. The fourth-order valence-corrected chi connectivity index (χ4v) is 1.45. The van der Waals surface area contributed by atoms with Gasteiger partial charge in [0, 0.05) is 12.1 Å². The molecule has 1 aromatic carbocycles. The van der Waals surface area contributed by atoms with E-state index in [0.717, 1.165) is 11.4 Å². The van der Waals surface area contributed by atoms with E-state index in [-0.39, 0.29) is 0 Å². The maximum Gasteiger partial charge on any atom is 0.181 e. The van der Waals surface area contributed by atoms with Gasteiger partial charge >= 0.3 is 0 Å². The molecule has 2 N–H and O–H groups in total. The number of aryl methyl sites for hydroxylation is 1. The molecule has 0 atom stereocenters. The molecule has 15 heavy (non-hydrogen) atoms. The van der Waals surface area contributed by atoms with Crippen molar-refractivity contribution < 1.29 is 0 Å². The highest BCUT2D eigenvalue weighted by Gasteiger charge is 2.03. The molecule has 0 aliphatic heterocycles. The van der Waals surface area contributed by atoms with Crippen LogP contribution in [0.4, 0.5) is 0 Å². The van der Waals surface area contributed by atoms with E-state index in [4.69, 9.17) is 5.73 Å². The van der Waals surface area contributed by atoms with Crippen molar-refractivity contribution >= 4 is 0 Å². The van der Waals surface area contributed by atoms with Gasteiger partial charge in [0.15, 0.2) is 5.82 Å². The van der Waals surface area contributed by atoms with Gasteiger partial charge in [-0.05, 0) is 13.0 Å². The molecule has 0 saturated heterocycles. The van der Waals surface area contributed by atoms with Gasteiger partial charge < -0.3 is 5.73 Å². The summed E-state index contributed by atoms with van der Waals surface area (Å²) in [6.45, 7) is 3.34. The van der Waals surface area contributed by atoms with Gasteiger partial charge in [-0.25, -0.2) is 4.98 Å². The van der Waals surface area contributed by atoms with E-state index in [2.05, 4.69) is 29.1 Å². The van der Waals surface area contributed by atoms with Gasteiger partial charge in [0.05, 0.1) is 6.54 Å². The second-order valence-electron chi connectivity index (χ2n) is 3.49.